The first-order valence-electron chi connectivity index (χ1n) is 7.84. The van der Waals surface area contributed by atoms with Crippen LogP contribution >= 0.6 is 0 Å². The molecule has 0 saturated carbocycles. The number of nitrogens with one attached hydrogen (secondary N) is 1. The van der Waals surface area contributed by atoms with E-state index in [2.05, 4.69) is 31.3 Å². The van der Waals surface area contributed by atoms with Crippen molar-refractivity contribution in [2.45, 2.75) is 38.8 Å². The van der Waals surface area contributed by atoms with Gasteiger partial charge in [-0.2, -0.15) is 0 Å². The maximum atomic E-state index is 12.3. The van der Waals surface area contributed by atoms with E-state index in [-0.39, 0.29) is 12.0 Å². The molecular formula is C17H26N2O2. The Balaban J connectivity index is 1.79. The average molecular weight is 290 g/mol. The fourth-order valence-corrected chi connectivity index (χ4v) is 2.53. The number of carbonyl (C=O) groups excluding carboxylic acids is 1. The van der Waals surface area contributed by atoms with Crippen molar-refractivity contribution in [2.24, 2.45) is 0 Å². The predicted octanol–water partition coefficient (Wildman–Crippen LogP) is 2.36. The number of hydrogen-bond donors (Lipinski definition) is 1. The highest BCUT2D eigenvalue weighted by Gasteiger charge is 2.24. The maximum Gasteiger partial charge on any atom is 0.222 e. The lowest BCUT2D eigenvalue weighted by Crippen LogP contribution is -2.42. The van der Waals surface area contributed by atoms with Crippen molar-refractivity contribution in [1.29, 1.82) is 0 Å². The number of carbonyl (C=O) groups is 1. The van der Waals surface area contributed by atoms with Crippen LogP contribution in [0.2, 0.25) is 0 Å². The molecule has 0 spiro atoms. The number of hydrogen-bond acceptors (Lipinski definition) is 3. The Morgan fingerprint density at radius 1 is 1.38 bits per heavy atom. The first-order chi connectivity index (χ1) is 10.2. The Morgan fingerprint density at radius 3 is 2.86 bits per heavy atom. The minimum atomic E-state index is 0.0117. The van der Waals surface area contributed by atoms with Crippen LogP contribution in [0.1, 0.15) is 38.4 Å². The molecule has 1 N–H and O–H groups in total. The zero-order valence-corrected chi connectivity index (χ0v) is 13.0. The molecule has 1 aromatic rings. The van der Waals surface area contributed by atoms with Gasteiger partial charge in [0, 0.05) is 19.0 Å². The summed E-state index contributed by atoms with van der Waals surface area (Å²) in [6, 6.07) is 10.6. The van der Waals surface area contributed by atoms with E-state index in [1.807, 2.05) is 23.1 Å². The summed E-state index contributed by atoms with van der Waals surface area (Å²) in [5.74, 6) is 0.241. The second kappa shape index (κ2) is 8.15. The molecule has 1 atom stereocenters. The van der Waals surface area contributed by atoms with Crippen molar-refractivity contribution < 1.29 is 9.53 Å². The van der Waals surface area contributed by atoms with Crippen molar-refractivity contribution in [1.82, 2.24) is 10.2 Å². The highest BCUT2D eigenvalue weighted by molar-refractivity contribution is 5.76. The molecule has 0 aromatic heterocycles. The van der Waals surface area contributed by atoms with Crippen LogP contribution in [0.3, 0.4) is 0 Å². The first-order valence-corrected chi connectivity index (χ1v) is 7.84. The first kappa shape index (κ1) is 16.0. The Bertz CT molecular complexity index is 434. The molecule has 4 heteroatoms. The zero-order chi connectivity index (χ0) is 15.1. The molecule has 0 radical (unpaired) electrons. The van der Waals surface area contributed by atoms with Gasteiger partial charge in [-0.15, -0.1) is 0 Å². The van der Waals surface area contributed by atoms with Gasteiger partial charge in [0.05, 0.1) is 13.2 Å². The molecule has 1 saturated heterocycles. The molecule has 116 valence electrons. The molecule has 0 aliphatic carbocycles. The highest BCUT2D eigenvalue weighted by Crippen LogP contribution is 2.22. The third-order valence-electron chi connectivity index (χ3n) is 3.71. The second-order valence-corrected chi connectivity index (χ2v) is 5.82. The molecule has 1 aliphatic heterocycles. The Kier molecular flexibility index (Phi) is 6.21. The van der Waals surface area contributed by atoms with Gasteiger partial charge in [0.25, 0.3) is 0 Å². The SMILES string of the molecule is CC(C)NCCCC(=O)N1CCOC(c2ccccc2)C1. The lowest BCUT2D eigenvalue weighted by molar-refractivity contribution is -0.139. The van der Waals surface area contributed by atoms with E-state index in [9.17, 15) is 4.79 Å². The molecule has 1 fully saturated rings. The molecule has 1 aliphatic rings. The number of rotatable bonds is 6. The lowest BCUT2D eigenvalue weighted by Gasteiger charge is -2.33. The summed E-state index contributed by atoms with van der Waals surface area (Å²) in [5.41, 5.74) is 1.15. The summed E-state index contributed by atoms with van der Waals surface area (Å²) in [6.45, 7) is 7.13. The zero-order valence-electron chi connectivity index (χ0n) is 13.0. The number of amides is 1. The van der Waals surface area contributed by atoms with Crippen LogP contribution < -0.4 is 5.32 Å². The van der Waals surface area contributed by atoms with Crippen LogP contribution in [0.4, 0.5) is 0 Å². The van der Waals surface area contributed by atoms with Gasteiger partial charge in [0.1, 0.15) is 6.10 Å². The molecule has 21 heavy (non-hydrogen) atoms. The van der Waals surface area contributed by atoms with Crippen molar-refractivity contribution >= 4 is 5.91 Å². The molecule has 4 nitrogen and oxygen atoms in total. The van der Waals surface area contributed by atoms with Crippen LogP contribution in [-0.4, -0.2) is 43.1 Å². The Morgan fingerprint density at radius 2 is 2.14 bits per heavy atom. The monoisotopic (exact) mass is 290 g/mol. The smallest absolute Gasteiger partial charge is 0.222 e. The van der Waals surface area contributed by atoms with Gasteiger partial charge in [-0.25, -0.2) is 0 Å². The van der Waals surface area contributed by atoms with Gasteiger partial charge < -0.3 is 15.0 Å². The maximum absolute atomic E-state index is 12.3. The molecule has 1 amide bonds. The number of ether oxygens (including phenoxy) is 1. The molecule has 2 rings (SSSR count). The average Bonchev–Trinajstić information content (AvgIpc) is 2.52. The Hall–Kier alpha value is -1.39. The Labute approximate surface area is 127 Å². The van der Waals surface area contributed by atoms with Gasteiger partial charge >= 0.3 is 0 Å². The van der Waals surface area contributed by atoms with Crippen LogP contribution in [-0.2, 0) is 9.53 Å². The third-order valence-corrected chi connectivity index (χ3v) is 3.71. The van der Waals surface area contributed by atoms with E-state index in [4.69, 9.17) is 4.74 Å². The summed E-state index contributed by atoms with van der Waals surface area (Å²) < 4.78 is 5.80. The van der Waals surface area contributed by atoms with Crippen LogP contribution in [0.5, 0.6) is 0 Å². The summed E-state index contributed by atoms with van der Waals surface area (Å²) in [6.07, 6.45) is 1.52. The van der Waals surface area contributed by atoms with Gasteiger partial charge in [-0.05, 0) is 18.5 Å². The van der Waals surface area contributed by atoms with Gasteiger partial charge in [-0.1, -0.05) is 44.2 Å². The fraction of sp³-hybridized carbons (Fsp3) is 0.588. The number of nitrogens with zero attached hydrogens (tertiary/aromatic N) is 1. The van der Waals surface area contributed by atoms with Crippen molar-refractivity contribution in [3.05, 3.63) is 35.9 Å². The van der Waals surface area contributed by atoms with E-state index < -0.39 is 0 Å². The van der Waals surface area contributed by atoms with Gasteiger partial charge in [0.15, 0.2) is 0 Å². The van der Waals surface area contributed by atoms with Crippen LogP contribution in [0, 0.1) is 0 Å². The minimum absolute atomic E-state index is 0.0117. The van der Waals surface area contributed by atoms with E-state index >= 15 is 0 Å². The summed E-state index contributed by atoms with van der Waals surface area (Å²) in [7, 11) is 0. The number of morpholine rings is 1. The largest absolute Gasteiger partial charge is 0.370 e. The quantitative estimate of drug-likeness (QED) is 0.818. The van der Waals surface area contributed by atoms with Gasteiger partial charge in [-0.3, -0.25) is 4.79 Å². The topological polar surface area (TPSA) is 41.6 Å². The van der Waals surface area contributed by atoms with Crippen molar-refractivity contribution in [3.8, 4) is 0 Å². The van der Waals surface area contributed by atoms with Crippen LogP contribution in [0.15, 0.2) is 30.3 Å². The lowest BCUT2D eigenvalue weighted by atomic mass is 10.1. The molecular weight excluding hydrogens is 264 g/mol. The minimum Gasteiger partial charge on any atom is -0.370 e. The summed E-state index contributed by atoms with van der Waals surface area (Å²) in [5, 5.41) is 3.34. The fourth-order valence-electron chi connectivity index (χ4n) is 2.53. The van der Waals surface area contributed by atoms with Crippen molar-refractivity contribution in [3.63, 3.8) is 0 Å². The molecule has 1 heterocycles. The summed E-state index contributed by atoms with van der Waals surface area (Å²) in [4.78, 5) is 14.2. The third kappa shape index (κ3) is 5.14. The van der Waals surface area contributed by atoms with Gasteiger partial charge in [0.2, 0.25) is 5.91 Å². The van der Waals surface area contributed by atoms with E-state index in [0.29, 0.717) is 32.2 Å². The molecule has 1 unspecified atom stereocenters. The standard InChI is InChI=1S/C17H26N2O2/c1-14(2)18-10-6-9-17(20)19-11-12-21-16(13-19)15-7-4-3-5-8-15/h3-5,7-8,14,16,18H,6,9-13H2,1-2H3. The number of benzene rings is 1. The van der Waals surface area contributed by atoms with Crippen molar-refractivity contribution in [2.75, 3.05) is 26.2 Å². The molecule has 1 aromatic carbocycles. The normalized spacial score (nSPS) is 19.0. The highest BCUT2D eigenvalue weighted by atomic mass is 16.5. The predicted molar refractivity (Wildman–Crippen MR) is 84.1 cm³/mol. The van der Waals surface area contributed by atoms with E-state index in [0.717, 1.165) is 18.5 Å². The van der Waals surface area contributed by atoms with E-state index in [1.54, 1.807) is 0 Å². The summed E-state index contributed by atoms with van der Waals surface area (Å²) >= 11 is 0. The van der Waals surface area contributed by atoms with Crippen LogP contribution in [0.25, 0.3) is 0 Å². The van der Waals surface area contributed by atoms with E-state index in [1.165, 1.54) is 0 Å². The molecule has 0 bridgehead atoms. The second-order valence-electron chi connectivity index (χ2n) is 5.82.